The van der Waals surface area contributed by atoms with Crippen molar-refractivity contribution < 1.29 is 14.6 Å². The van der Waals surface area contributed by atoms with E-state index in [1.165, 1.54) is 0 Å². The van der Waals surface area contributed by atoms with E-state index in [-0.39, 0.29) is 6.04 Å². The summed E-state index contributed by atoms with van der Waals surface area (Å²) in [6, 6.07) is 8.16. The molecule has 0 saturated carbocycles. The third kappa shape index (κ3) is 2.08. The monoisotopic (exact) mass is 275 g/mol. The number of carboxylic acid groups (broad SMARTS) is 1. The van der Waals surface area contributed by atoms with E-state index >= 15 is 0 Å². The van der Waals surface area contributed by atoms with Crippen LogP contribution >= 0.6 is 0 Å². The lowest BCUT2D eigenvalue weighted by Gasteiger charge is -2.47. The molecule has 2 atom stereocenters. The maximum absolute atomic E-state index is 11.8. The summed E-state index contributed by atoms with van der Waals surface area (Å²) in [6.07, 6.45) is 3.65. The average Bonchev–Trinajstić information content (AvgIpc) is 2.47. The van der Waals surface area contributed by atoms with Crippen LogP contribution in [-0.4, -0.2) is 34.7 Å². The Hall–Kier alpha value is -1.55. The minimum atomic E-state index is -0.757. The first-order valence-corrected chi connectivity index (χ1v) is 7.35. The van der Waals surface area contributed by atoms with E-state index in [1.807, 2.05) is 25.1 Å². The number of carboxylic acids is 1. The summed E-state index contributed by atoms with van der Waals surface area (Å²) < 4.78 is 5.70. The predicted molar refractivity (Wildman–Crippen MR) is 75.9 cm³/mol. The van der Waals surface area contributed by atoms with Crippen LogP contribution in [0.15, 0.2) is 24.3 Å². The number of fused-ring (bicyclic) bond motifs is 1. The summed E-state index contributed by atoms with van der Waals surface area (Å²) in [4.78, 5) is 13.9. The third-order valence-electron chi connectivity index (χ3n) is 4.71. The molecule has 108 valence electrons. The van der Waals surface area contributed by atoms with Gasteiger partial charge >= 0.3 is 5.97 Å². The number of ether oxygens (including phenoxy) is 1. The Morgan fingerprint density at radius 2 is 2.20 bits per heavy atom. The van der Waals surface area contributed by atoms with Gasteiger partial charge in [-0.15, -0.1) is 0 Å². The highest BCUT2D eigenvalue weighted by Gasteiger charge is 2.45. The first-order chi connectivity index (χ1) is 9.63. The standard InChI is InChI=1S/C16H21NO3/c1-16(15(18)19)9-4-5-10-17(16)13-8-11-20-14-7-3-2-6-12(13)14/h2-3,6-7,13H,4-5,8-11H2,1H3,(H,18,19). The summed E-state index contributed by atoms with van der Waals surface area (Å²) in [6.45, 7) is 3.38. The molecule has 2 aliphatic rings. The van der Waals surface area contributed by atoms with Crippen molar-refractivity contribution in [3.8, 4) is 5.75 Å². The van der Waals surface area contributed by atoms with Gasteiger partial charge in [-0.3, -0.25) is 9.69 Å². The summed E-state index contributed by atoms with van der Waals surface area (Å²) in [5, 5.41) is 9.67. The Labute approximate surface area is 119 Å². The number of rotatable bonds is 2. The zero-order valence-electron chi connectivity index (χ0n) is 11.8. The number of hydrogen-bond donors (Lipinski definition) is 1. The maximum Gasteiger partial charge on any atom is 0.323 e. The topological polar surface area (TPSA) is 49.8 Å². The zero-order chi connectivity index (χ0) is 14.2. The smallest absolute Gasteiger partial charge is 0.323 e. The maximum atomic E-state index is 11.8. The van der Waals surface area contributed by atoms with Crippen LogP contribution in [0.4, 0.5) is 0 Å². The van der Waals surface area contributed by atoms with E-state index in [0.717, 1.165) is 43.5 Å². The van der Waals surface area contributed by atoms with Gasteiger partial charge in [0.1, 0.15) is 11.3 Å². The van der Waals surface area contributed by atoms with Crippen LogP contribution in [-0.2, 0) is 4.79 Å². The van der Waals surface area contributed by atoms with Crippen molar-refractivity contribution in [1.29, 1.82) is 0 Å². The minimum absolute atomic E-state index is 0.154. The van der Waals surface area contributed by atoms with Crippen LogP contribution in [0.1, 0.15) is 44.2 Å². The lowest BCUT2D eigenvalue weighted by Crippen LogP contribution is -2.56. The van der Waals surface area contributed by atoms with Crippen LogP contribution < -0.4 is 4.74 Å². The van der Waals surface area contributed by atoms with Crippen LogP contribution in [0.25, 0.3) is 0 Å². The van der Waals surface area contributed by atoms with E-state index in [2.05, 4.69) is 11.0 Å². The first kappa shape index (κ1) is 13.4. The predicted octanol–water partition coefficient (Wildman–Crippen LogP) is 2.84. The largest absolute Gasteiger partial charge is 0.493 e. The molecule has 0 aromatic heterocycles. The Bertz CT molecular complexity index is 516. The number of likely N-dealkylation sites (tertiary alicyclic amines) is 1. The number of benzene rings is 1. The van der Waals surface area contributed by atoms with Crippen molar-refractivity contribution in [2.45, 2.75) is 44.2 Å². The zero-order valence-corrected chi connectivity index (χ0v) is 11.8. The molecule has 1 aromatic rings. The molecule has 0 spiro atoms. The number of nitrogens with zero attached hydrogens (tertiary/aromatic N) is 1. The molecule has 2 aliphatic heterocycles. The fourth-order valence-electron chi connectivity index (χ4n) is 3.52. The summed E-state index contributed by atoms with van der Waals surface area (Å²) in [7, 11) is 0. The van der Waals surface area contributed by atoms with Gasteiger partial charge in [-0.1, -0.05) is 18.2 Å². The molecule has 3 rings (SSSR count). The van der Waals surface area contributed by atoms with Crippen molar-refractivity contribution >= 4 is 5.97 Å². The third-order valence-corrected chi connectivity index (χ3v) is 4.71. The lowest BCUT2D eigenvalue weighted by atomic mass is 9.84. The van der Waals surface area contributed by atoms with Crippen molar-refractivity contribution in [2.24, 2.45) is 0 Å². The van der Waals surface area contributed by atoms with Crippen molar-refractivity contribution in [3.63, 3.8) is 0 Å². The number of hydrogen-bond acceptors (Lipinski definition) is 3. The second-order valence-electron chi connectivity index (χ2n) is 5.92. The Balaban J connectivity index is 1.98. The fourth-order valence-corrected chi connectivity index (χ4v) is 3.52. The second-order valence-corrected chi connectivity index (χ2v) is 5.92. The van der Waals surface area contributed by atoms with Gasteiger partial charge in [-0.05, 0) is 38.8 Å². The Morgan fingerprint density at radius 3 is 3.00 bits per heavy atom. The highest BCUT2D eigenvalue weighted by atomic mass is 16.5. The number of para-hydroxylation sites is 1. The molecule has 2 heterocycles. The molecule has 1 fully saturated rings. The highest BCUT2D eigenvalue weighted by Crippen LogP contribution is 2.42. The van der Waals surface area contributed by atoms with Gasteiger partial charge < -0.3 is 9.84 Å². The van der Waals surface area contributed by atoms with Crippen molar-refractivity contribution in [3.05, 3.63) is 29.8 Å². The molecule has 20 heavy (non-hydrogen) atoms. The molecule has 1 saturated heterocycles. The first-order valence-electron chi connectivity index (χ1n) is 7.35. The van der Waals surface area contributed by atoms with E-state index in [0.29, 0.717) is 6.61 Å². The van der Waals surface area contributed by atoms with Gasteiger partial charge in [0, 0.05) is 18.0 Å². The van der Waals surface area contributed by atoms with Crippen molar-refractivity contribution in [2.75, 3.05) is 13.2 Å². The van der Waals surface area contributed by atoms with Crippen LogP contribution in [0.2, 0.25) is 0 Å². The fraction of sp³-hybridized carbons (Fsp3) is 0.562. The summed E-state index contributed by atoms with van der Waals surface area (Å²) >= 11 is 0. The van der Waals surface area contributed by atoms with Gasteiger partial charge in [0.05, 0.1) is 6.61 Å². The van der Waals surface area contributed by atoms with Gasteiger partial charge in [0.15, 0.2) is 0 Å². The van der Waals surface area contributed by atoms with Crippen molar-refractivity contribution in [1.82, 2.24) is 4.90 Å². The second kappa shape index (κ2) is 5.09. The van der Waals surface area contributed by atoms with Gasteiger partial charge in [-0.2, -0.15) is 0 Å². The molecule has 0 amide bonds. The minimum Gasteiger partial charge on any atom is -0.493 e. The van der Waals surface area contributed by atoms with E-state index in [9.17, 15) is 9.90 Å². The summed E-state index contributed by atoms with van der Waals surface area (Å²) in [5.74, 6) is 0.197. The Morgan fingerprint density at radius 1 is 1.40 bits per heavy atom. The summed E-state index contributed by atoms with van der Waals surface area (Å²) in [5.41, 5.74) is 0.376. The highest BCUT2D eigenvalue weighted by molar-refractivity contribution is 5.78. The van der Waals surface area contributed by atoms with Crippen LogP contribution in [0, 0.1) is 0 Å². The molecule has 4 nitrogen and oxygen atoms in total. The quantitative estimate of drug-likeness (QED) is 0.901. The SMILES string of the molecule is CC1(C(=O)O)CCCCN1C1CCOc2ccccc21. The molecule has 2 unspecified atom stereocenters. The van der Waals surface area contributed by atoms with E-state index in [1.54, 1.807) is 0 Å². The molecule has 0 aliphatic carbocycles. The average molecular weight is 275 g/mol. The van der Waals surface area contributed by atoms with Crippen LogP contribution in [0.3, 0.4) is 0 Å². The lowest BCUT2D eigenvalue weighted by molar-refractivity contribution is -0.155. The molecular formula is C16H21NO3. The van der Waals surface area contributed by atoms with Crippen LogP contribution in [0.5, 0.6) is 5.75 Å². The Kier molecular flexibility index (Phi) is 3.42. The van der Waals surface area contributed by atoms with Gasteiger partial charge in [0.2, 0.25) is 0 Å². The normalized spacial score (nSPS) is 30.4. The number of carbonyl (C=O) groups is 1. The number of piperidine rings is 1. The van der Waals surface area contributed by atoms with Gasteiger partial charge in [-0.25, -0.2) is 0 Å². The molecule has 1 N–H and O–H groups in total. The van der Waals surface area contributed by atoms with Gasteiger partial charge in [0.25, 0.3) is 0 Å². The number of aliphatic carboxylic acids is 1. The molecule has 4 heteroatoms. The molecule has 0 radical (unpaired) electrons. The van der Waals surface area contributed by atoms with E-state index < -0.39 is 11.5 Å². The molecule has 1 aromatic carbocycles. The molecule has 0 bridgehead atoms. The molecular weight excluding hydrogens is 254 g/mol. The van der Waals surface area contributed by atoms with E-state index in [4.69, 9.17) is 4.74 Å².